The average Bonchev–Trinajstić information content (AvgIpc) is 3.37. The quantitative estimate of drug-likeness (QED) is 0.209. The summed E-state index contributed by atoms with van der Waals surface area (Å²) >= 11 is 1.84. The van der Waals surface area contributed by atoms with Gasteiger partial charge in [-0.1, -0.05) is 104 Å². The molecule has 0 saturated heterocycles. The van der Waals surface area contributed by atoms with Gasteiger partial charge < -0.3 is 9.47 Å². The van der Waals surface area contributed by atoms with E-state index in [1.54, 1.807) is 0 Å². The van der Waals surface area contributed by atoms with Gasteiger partial charge in [-0.2, -0.15) is 0 Å². The van der Waals surface area contributed by atoms with Crippen LogP contribution in [0.4, 0.5) is 17.1 Å². The monoisotopic (exact) mass is 556 g/mol. The molecule has 0 spiro atoms. The van der Waals surface area contributed by atoms with E-state index in [0.717, 1.165) is 0 Å². The Hall–Kier alpha value is -4.73. The van der Waals surface area contributed by atoms with Gasteiger partial charge in [-0.15, -0.1) is 0 Å². The highest BCUT2D eigenvalue weighted by Gasteiger charge is 2.34. The summed E-state index contributed by atoms with van der Waals surface area (Å²) < 4.78 is 2.48. The molecule has 2 aliphatic heterocycles. The van der Waals surface area contributed by atoms with Crippen molar-refractivity contribution in [1.82, 2.24) is 4.57 Å². The zero-order chi connectivity index (χ0) is 28.0. The second kappa shape index (κ2) is 8.64. The van der Waals surface area contributed by atoms with Gasteiger partial charge in [-0.25, -0.2) is 0 Å². The fraction of sp³-hybridized carbons (Fsp3) is 0.0769. The normalized spacial score (nSPS) is 14.5. The molecule has 1 aromatic heterocycles. The van der Waals surface area contributed by atoms with Crippen LogP contribution in [0.1, 0.15) is 25.0 Å². The van der Waals surface area contributed by atoms with Gasteiger partial charge in [-0.05, 0) is 76.9 Å². The van der Waals surface area contributed by atoms with E-state index >= 15 is 0 Å². The van der Waals surface area contributed by atoms with Crippen LogP contribution in [0, 0.1) is 0 Å². The predicted molar refractivity (Wildman–Crippen MR) is 177 cm³/mol. The van der Waals surface area contributed by atoms with E-state index in [9.17, 15) is 0 Å². The highest BCUT2D eigenvalue weighted by atomic mass is 32.2. The molecule has 2 nitrogen and oxygen atoms in total. The summed E-state index contributed by atoms with van der Waals surface area (Å²) in [5.74, 6) is 0. The van der Waals surface area contributed by atoms with Gasteiger partial charge in [0.1, 0.15) is 0 Å². The molecule has 9 rings (SSSR count). The van der Waals surface area contributed by atoms with Crippen LogP contribution in [0.2, 0.25) is 0 Å². The summed E-state index contributed by atoms with van der Waals surface area (Å²) in [7, 11) is 0. The highest BCUT2D eigenvalue weighted by Crippen LogP contribution is 2.51. The number of anilines is 3. The SMILES string of the molecule is CC1(C)c2ccccc2-n2c3ccc(-c4ccc(N5c6ccccc6Sc6ccccc65)cc4)cc3c3cccc1c32. The molecule has 2 aliphatic rings. The molecule has 0 saturated carbocycles. The maximum Gasteiger partial charge on any atom is 0.0601 e. The lowest BCUT2D eigenvalue weighted by Crippen LogP contribution is -2.26. The van der Waals surface area contributed by atoms with Gasteiger partial charge in [0.05, 0.1) is 28.1 Å². The van der Waals surface area contributed by atoms with E-state index in [0.29, 0.717) is 0 Å². The van der Waals surface area contributed by atoms with Crippen molar-refractivity contribution in [2.45, 2.75) is 29.1 Å². The number of hydrogen-bond donors (Lipinski definition) is 0. The highest BCUT2D eigenvalue weighted by molar-refractivity contribution is 7.99. The van der Waals surface area contributed by atoms with Crippen LogP contribution < -0.4 is 4.90 Å². The van der Waals surface area contributed by atoms with Gasteiger partial charge in [0.15, 0.2) is 0 Å². The zero-order valence-corrected chi connectivity index (χ0v) is 24.3. The Morgan fingerprint density at radius 2 is 1.14 bits per heavy atom. The summed E-state index contributed by atoms with van der Waals surface area (Å²) in [6, 6.07) is 49.1. The Kier molecular flexibility index (Phi) is 4.92. The summed E-state index contributed by atoms with van der Waals surface area (Å²) in [4.78, 5) is 4.95. The van der Waals surface area contributed by atoms with Crippen molar-refractivity contribution in [1.29, 1.82) is 0 Å². The van der Waals surface area contributed by atoms with Crippen molar-refractivity contribution in [3.63, 3.8) is 0 Å². The maximum atomic E-state index is 2.48. The fourth-order valence-electron chi connectivity index (χ4n) is 7.13. The molecule has 0 N–H and O–H groups in total. The van der Waals surface area contributed by atoms with Crippen molar-refractivity contribution in [3.05, 3.63) is 145 Å². The lowest BCUT2D eigenvalue weighted by Gasteiger charge is -2.34. The van der Waals surface area contributed by atoms with Gasteiger partial charge in [0.25, 0.3) is 0 Å². The molecule has 0 amide bonds. The fourth-order valence-corrected chi connectivity index (χ4v) is 8.19. The van der Waals surface area contributed by atoms with E-state index in [2.05, 4.69) is 157 Å². The molecule has 7 aromatic rings. The van der Waals surface area contributed by atoms with Gasteiger partial charge in [0.2, 0.25) is 0 Å². The Bertz CT molecular complexity index is 2160. The van der Waals surface area contributed by atoms with Gasteiger partial charge >= 0.3 is 0 Å². The van der Waals surface area contributed by atoms with E-state index in [-0.39, 0.29) is 5.41 Å². The lowest BCUT2D eigenvalue weighted by atomic mass is 9.75. The largest absolute Gasteiger partial charge is 0.309 e. The first kappa shape index (κ1) is 23.9. The molecule has 0 aliphatic carbocycles. The first-order valence-corrected chi connectivity index (χ1v) is 15.4. The number of aromatic nitrogens is 1. The molecule has 3 heteroatoms. The van der Waals surface area contributed by atoms with E-state index < -0.39 is 0 Å². The summed E-state index contributed by atoms with van der Waals surface area (Å²) in [5, 5.41) is 2.62. The van der Waals surface area contributed by atoms with Crippen molar-refractivity contribution < 1.29 is 0 Å². The van der Waals surface area contributed by atoms with Gasteiger partial charge in [0, 0.05) is 31.7 Å². The lowest BCUT2D eigenvalue weighted by molar-refractivity contribution is 0.630. The number of rotatable bonds is 2. The van der Waals surface area contributed by atoms with Crippen LogP contribution in [-0.4, -0.2) is 4.57 Å². The smallest absolute Gasteiger partial charge is 0.0601 e. The Morgan fingerprint density at radius 3 is 1.88 bits per heavy atom. The third kappa shape index (κ3) is 3.23. The average molecular weight is 557 g/mol. The molecule has 0 radical (unpaired) electrons. The topological polar surface area (TPSA) is 8.17 Å². The molecular weight excluding hydrogens is 529 g/mol. The van der Waals surface area contributed by atoms with Gasteiger partial charge in [-0.3, -0.25) is 0 Å². The molecule has 0 unspecified atom stereocenters. The third-order valence-electron chi connectivity index (χ3n) is 9.17. The zero-order valence-electron chi connectivity index (χ0n) is 23.5. The molecule has 3 heterocycles. The molecule has 0 atom stereocenters. The number of benzene rings is 6. The second-order valence-corrected chi connectivity index (χ2v) is 12.9. The van der Waals surface area contributed by atoms with E-state index in [1.807, 2.05) is 11.8 Å². The van der Waals surface area contributed by atoms with Crippen LogP contribution in [0.5, 0.6) is 0 Å². The Morgan fingerprint density at radius 1 is 0.524 bits per heavy atom. The van der Waals surface area contributed by atoms with Crippen molar-refractivity contribution in [2.24, 2.45) is 0 Å². The summed E-state index contributed by atoms with van der Waals surface area (Å²) in [6.07, 6.45) is 0. The molecule has 200 valence electrons. The van der Waals surface area contributed by atoms with Crippen molar-refractivity contribution in [2.75, 3.05) is 4.90 Å². The van der Waals surface area contributed by atoms with Crippen LogP contribution in [0.3, 0.4) is 0 Å². The minimum atomic E-state index is -0.0522. The molecule has 0 fully saturated rings. The Balaban J connectivity index is 1.18. The van der Waals surface area contributed by atoms with Crippen molar-refractivity contribution in [3.8, 4) is 16.8 Å². The minimum Gasteiger partial charge on any atom is -0.309 e. The predicted octanol–water partition coefficient (Wildman–Crippen LogP) is 11.0. The molecule has 0 bridgehead atoms. The van der Waals surface area contributed by atoms with Crippen LogP contribution in [-0.2, 0) is 5.41 Å². The van der Waals surface area contributed by atoms with Crippen LogP contribution in [0.15, 0.2) is 143 Å². The van der Waals surface area contributed by atoms with E-state index in [4.69, 9.17) is 0 Å². The minimum absolute atomic E-state index is 0.0522. The second-order valence-electron chi connectivity index (χ2n) is 11.8. The molecular formula is C39H28N2S. The number of hydrogen-bond acceptors (Lipinski definition) is 2. The van der Waals surface area contributed by atoms with Crippen molar-refractivity contribution >= 4 is 50.6 Å². The molecule has 42 heavy (non-hydrogen) atoms. The van der Waals surface area contributed by atoms with E-state index in [1.165, 1.54) is 76.6 Å². The standard InChI is InChI=1S/C39H28N2S/c1-39(2)30-11-3-4-13-33(30)41-32-23-20-26(24-29(32)28-10-9-12-31(39)38(28)41)25-18-21-27(22-19-25)40-34-14-5-7-16-36(34)42-37-17-8-6-15-35(37)40/h3-24H,1-2H3. The Labute approximate surface area is 249 Å². The van der Waals surface area contributed by atoms with Crippen LogP contribution in [0.25, 0.3) is 38.6 Å². The number of nitrogens with zero attached hydrogens (tertiary/aromatic N) is 2. The number of fused-ring (bicyclic) bond motifs is 7. The molecule has 6 aromatic carbocycles. The first-order valence-electron chi connectivity index (χ1n) is 14.5. The summed E-state index contributed by atoms with van der Waals surface area (Å²) in [5.41, 5.74) is 12.7. The maximum absolute atomic E-state index is 2.48. The third-order valence-corrected chi connectivity index (χ3v) is 10.3. The summed E-state index contributed by atoms with van der Waals surface area (Å²) in [6.45, 7) is 4.71. The number of para-hydroxylation sites is 4. The first-order chi connectivity index (χ1) is 20.6. The van der Waals surface area contributed by atoms with Crippen LogP contribution >= 0.6 is 11.8 Å².